The number of hydrogen-bond acceptors (Lipinski definition) is 4. The van der Waals surface area contributed by atoms with E-state index in [4.69, 9.17) is 18.3 Å². The third-order valence-electron chi connectivity index (χ3n) is 2.77. The summed E-state index contributed by atoms with van der Waals surface area (Å²) in [6, 6.07) is 1.86. The molecular formula is C13H28O4Si. The lowest BCUT2D eigenvalue weighted by molar-refractivity contribution is 0.0846. The van der Waals surface area contributed by atoms with E-state index in [-0.39, 0.29) is 12.2 Å². The highest BCUT2D eigenvalue weighted by Gasteiger charge is 2.37. The van der Waals surface area contributed by atoms with Gasteiger partial charge in [0.1, 0.15) is 6.10 Å². The molecule has 0 radical (unpaired) electrons. The van der Waals surface area contributed by atoms with Crippen LogP contribution in [0.5, 0.6) is 0 Å². The molecule has 0 amide bonds. The van der Waals surface area contributed by atoms with Crippen LogP contribution < -0.4 is 0 Å². The van der Waals surface area contributed by atoms with Gasteiger partial charge in [-0.1, -0.05) is 6.92 Å². The Bertz CT molecular complexity index is 219. The Morgan fingerprint density at radius 1 is 1.17 bits per heavy atom. The molecule has 0 aliphatic carbocycles. The first-order chi connectivity index (χ1) is 8.47. The minimum Gasteiger partial charge on any atom is -0.392 e. The van der Waals surface area contributed by atoms with E-state index in [9.17, 15) is 0 Å². The second-order valence-corrected chi connectivity index (χ2v) is 8.88. The van der Waals surface area contributed by atoms with Crippen molar-refractivity contribution < 1.29 is 18.3 Å². The van der Waals surface area contributed by atoms with Gasteiger partial charge in [-0.3, -0.25) is 0 Å². The van der Waals surface area contributed by atoms with Crippen molar-refractivity contribution >= 4 is 8.56 Å². The van der Waals surface area contributed by atoms with Crippen molar-refractivity contribution in [1.29, 1.82) is 0 Å². The lowest BCUT2D eigenvalue weighted by Crippen LogP contribution is -2.46. The summed E-state index contributed by atoms with van der Waals surface area (Å²) < 4.78 is 23.0. The third-order valence-corrected chi connectivity index (χ3v) is 6.62. The first-order valence-electron chi connectivity index (χ1n) is 7.02. The van der Waals surface area contributed by atoms with Crippen LogP contribution in [0.25, 0.3) is 0 Å². The first kappa shape index (κ1) is 16.1. The van der Waals surface area contributed by atoms with Gasteiger partial charge in [-0.25, -0.2) is 0 Å². The highest BCUT2D eigenvalue weighted by atomic mass is 28.4. The van der Waals surface area contributed by atoms with Crippen LogP contribution in [0, 0.1) is 0 Å². The normalized spacial score (nSPS) is 19.8. The van der Waals surface area contributed by atoms with Crippen LogP contribution >= 0.6 is 0 Å². The fourth-order valence-electron chi connectivity index (χ4n) is 1.95. The Hall–Kier alpha value is 0.0569. The molecule has 1 saturated heterocycles. The van der Waals surface area contributed by atoms with Gasteiger partial charge in [0.15, 0.2) is 0 Å². The van der Waals surface area contributed by atoms with Gasteiger partial charge in [-0.05, 0) is 33.7 Å². The maximum atomic E-state index is 6.13. The molecule has 4 nitrogen and oxygen atoms in total. The smallest absolute Gasteiger partial charge is 0.340 e. The highest BCUT2D eigenvalue weighted by molar-refractivity contribution is 6.67. The standard InChI is InChI=1S/C13H28O4Si/c1-6-18(16-11(2)3,17-12(4)5)8-7-14-9-13-10-15-13/h11-13H,6-10H2,1-5H3. The van der Waals surface area contributed by atoms with Crippen LogP contribution in [-0.2, 0) is 18.3 Å². The van der Waals surface area contributed by atoms with E-state index in [1.807, 2.05) is 0 Å². The van der Waals surface area contributed by atoms with Crippen molar-refractivity contribution in [2.45, 2.75) is 65.0 Å². The molecule has 5 heteroatoms. The van der Waals surface area contributed by atoms with Gasteiger partial charge in [0.2, 0.25) is 0 Å². The first-order valence-corrected chi connectivity index (χ1v) is 9.25. The molecule has 1 aliphatic heterocycles. The number of hydrogen-bond donors (Lipinski definition) is 0. The van der Waals surface area contributed by atoms with E-state index in [0.29, 0.717) is 19.3 Å². The SMILES string of the molecule is CC[Si](CCOCC1CO1)(OC(C)C)OC(C)C. The van der Waals surface area contributed by atoms with Crippen LogP contribution in [0.4, 0.5) is 0 Å². The average Bonchev–Trinajstić information content (AvgIpc) is 3.06. The van der Waals surface area contributed by atoms with Gasteiger partial charge in [-0.2, -0.15) is 0 Å². The fourth-order valence-corrected chi connectivity index (χ4v) is 5.11. The molecule has 0 aromatic rings. The zero-order valence-corrected chi connectivity index (χ0v) is 13.4. The van der Waals surface area contributed by atoms with Gasteiger partial charge in [0.05, 0.1) is 13.2 Å². The minimum atomic E-state index is -2.11. The third kappa shape index (κ3) is 6.29. The van der Waals surface area contributed by atoms with Gasteiger partial charge in [-0.15, -0.1) is 0 Å². The summed E-state index contributed by atoms with van der Waals surface area (Å²) in [5.74, 6) is 0. The molecule has 18 heavy (non-hydrogen) atoms. The van der Waals surface area contributed by atoms with Crippen molar-refractivity contribution in [2.24, 2.45) is 0 Å². The molecule has 1 fully saturated rings. The van der Waals surface area contributed by atoms with E-state index in [1.165, 1.54) is 0 Å². The Kier molecular flexibility index (Phi) is 6.80. The van der Waals surface area contributed by atoms with Gasteiger partial charge in [0.25, 0.3) is 0 Å². The monoisotopic (exact) mass is 276 g/mol. The summed E-state index contributed by atoms with van der Waals surface area (Å²) in [5, 5.41) is 0. The van der Waals surface area contributed by atoms with Crippen molar-refractivity contribution in [1.82, 2.24) is 0 Å². The van der Waals surface area contributed by atoms with Gasteiger partial charge in [0, 0.05) is 24.9 Å². The maximum Gasteiger partial charge on any atom is 0.340 e. The molecule has 0 spiro atoms. The molecule has 1 atom stereocenters. The Balaban J connectivity index is 2.39. The summed E-state index contributed by atoms with van der Waals surface area (Å²) >= 11 is 0. The van der Waals surface area contributed by atoms with Crippen LogP contribution in [0.3, 0.4) is 0 Å². The molecule has 1 unspecified atom stereocenters. The molecule has 108 valence electrons. The number of epoxide rings is 1. The van der Waals surface area contributed by atoms with Crippen LogP contribution in [-0.4, -0.2) is 46.7 Å². The van der Waals surface area contributed by atoms with Crippen molar-refractivity contribution in [3.05, 3.63) is 0 Å². The van der Waals surface area contributed by atoms with E-state index in [2.05, 4.69) is 34.6 Å². The molecule has 0 N–H and O–H groups in total. The quantitative estimate of drug-likeness (QED) is 0.349. The average molecular weight is 276 g/mol. The second-order valence-electron chi connectivity index (χ2n) is 5.38. The molecule has 1 rings (SSSR count). The van der Waals surface area contributed by atoms with Crippen molar-refractivity contribution in [2.75, 3.05) is 19.8 Å². The van der Waals surface area contributed by atoms with Gasteiger partial charge >= 0.3 is 8.56 Å². The van der Waals surface area contributed by atoms with E-state index >= 15 is 0 Å². The largest absolute Gasteiger partial charge is 0.392 e. The van der Waals surface area contributed by atoms with E-state index < -0.39 is 8.56 Å². The van der Waals surface area contributed by atoms with Crippen LogP contribution in [0.2, 0.25) is 12.1 Å². The van der Waals surface area contributed by atoms with Crippen molar-refractivity contribution in [3.63, 3.8) is 0 Å². The van der Waals surface area contributed by atoms with E-state index in [0.717, 1.165) is 18.7 Å². The zero-order chi connectivity index (χ0) is 13.6. The molecular weight excluding hydrogens is 248 g/mol. The molecule has 1 aliphatic rings. The summed E-state index contributed by atoms with van der Waals surface area (Å²) in [6.45, 7) is 12.7. The summed E-state index contributed by atoms with van der Waals surface area (Å²) in [7, 11) is -2.11. The molecule has 0 aromatic carbocycles. The highest BCUT2D eigenvalue weighted by Crippen LogP contribution is 2.23. The second kappa shape index (κ2) is 7.60. The molecule has 0 bridgehead atoms. The summed E-state index contributed by atoms with van der Waals surface area (Å²) in [6.07, 6.45) is 0.754. The Morgan fingerprint density at radius 2 is 1.72 bits per heavy atom. The zero-order valence-electron chi connectivity index (χ0n) is 12.4. The Morgan fingerprint density at radius 3 is 2.11 bits per heavy atom. The number of ether oxygens (including phenoxy) is 2. The topological polar surface area (TPSA) is 40.2 Å². The summed E-state index contributed by atoms with van der Waals surface area (Å²) in [5.41, 5.74) is 0. The van der Waals surface area contributed by atoms with Gasteiger partial charge < -0.3 is 18.3 Å². The lowest BCUT2D eigenvalue weighted by Gasteiger charge is -2.33. The maximum absolute atomic E-state index is 6.13. The molecule has 1 heterocycles. The Labute approximate surface area is 112 Å². The predicted molar refractivity (Wildman–Crippen MR) is 74.0 cm³/mol. The summed E-state index contributed by atoms with van der Waals surface area (Å²) in [4.78, 5) is 0. The van der Waals surface area contributed by atoms with Crippen LogP contribution in [0.1, 0.15) is 34.6 Å². The van der Waals surface area contributed by atoms with E-state index in [1.54, 1.807) is 0 Å². The fraction of sp³-hybridized carbons (Fsp3) is 1.00. The molecule has 0 saturated carbocycles. The van der Waals surface area contributed by atoms with Crippen molar-refractivity contribution in [3.8, 4) is 0 Å². The number of rotatable bonds is 10. The predicted octanol–water partition coefficient (Wildman–Crippen LogP) is 2.71. The lowest BCUT2D eigenvalue weighted by atomic mass is 10.5. The minimum absolute atomic E-state index is 0.210. The van der Waals surface area contributed by atoms with Crippen LogP contribution in [0.15, 0.2) is 0 Å². The molecule has 0 aromatic heterocycles.